The van der Waals surface area contributed by atoms with Crippen LogP contribution in [-0.2, 0) is 4.79 Å². The van der Waals surface area contributed by atoms with Gasteiger partial charge in [0.25, 0.3) is 5.91 Å². The molecular weight excluding hydrogens is 296 g/mol. The molecule has 23 heavy (non-hydrogen) atoms. The van der Waals surface area contributed by atoms with Crippen molar-refractivity contribution in [3.05, 3.63) is 36.5 Å². The Balaban J connectivity index is 1.45. The fourth-order valence-corrected chi connectivity index (χ4v) is 2.48. The lowest BCUT2D eigenvalue weighted by Gasteiger charge is -2.15. The van der Waals surface area contributed by atoms with Crippen LogP contribution in [0.1, 0.15) is 29.8 Å². The number of aromatic nitrogens is 4. The molecule has 3 heterocycles. The third-order valence-corrected chi connectivity index (χ3v) is 3.71. The van der Waals surface area contributed by atoms with Gasteiger partial charge in [0.05, 0.1) is 0 Å². The van der Waals surface area contributed by atoms with Gasteiger partial charge in [-0.15, -0.1) is 10.2 Å². The van der Waals surface area contributed by atoms with Crippen LogP contribution >= 0.6 is 0 Å². The topological polar surface area (TPSA) is 93.0 Å². The first-order chi connectivity index (χ1) is 11.2. The number of hydrogen-bond donors (Lipinski definition) is 1. The van der Waals surface area contributed by atoms with Crippen LogP contribution in [0, 0.1) is 0 Å². The number of hydrogen-bond acceptors (Lipinski definition) is 5. The fourth-order valence-electron chi connectivity index (χ4n) is 2.48. The molecule has 0 aliphatic carbocycles. The number of carbonyl (C=O) groups is 2. The third-order valence-electron chi connectivity index (χ3n) is 3.71. The van der Waals surface area contributed by atoms with Crippen molar-refractivity contribution in [2.75, 3.05) is 19.6 Å². The van der Waals surface area contributed by atoms with Crippen molar-refractivity contribution in [3.63, 3.8) is 0 Å². The molecule has 8 nitrogen and oxygen atoms in total. The monoisotopic (exact) mass is 314 g/mol. The van der Waals surface area contributed by atoms with Gasteiger partial charge in [0.1, 0.15) is 6.33 Å². The zero-order valence-electron chi connectivity index (χ0n) is 12.7. The Hall–Kier alpha value is -2.77. The standard InChI is InChI=1S/C15H18N6O2/c22-14-3-1-8-20(14)9-2-6-17-15(23)12-4-5-13(19-18-12)21-10-7-16-11-21/h4-5,7,10-11H,1-3,6,8-9H2,(H,17,23). The zero-order valence-corrected chi connectivity index (χ0v) is 12.7. The molecule has 1 fully saturated rings. The van der Waals surface area contributed by atoms with E-state index >= 15 is 0 Å². The maximum Gasteiger partial charge on any atom is 0.271 e. The van der Waals surface area contributed by atoms with Crippen LogP contribution in [0.15, 0.2) is 30.9 Å². The number of rotatable bonds is 6. The summed E-state index contributed by atoms with van der Waals surface area (Å²) in [5.74, 6) is 0.548. The number of nitrogens with one attached hydrogen (secondary N) is 1. The Labute approximate surface area is 133 Å². The van der Waals surface area contributed by atoms with Gasteiger partial charge < -0.3 is 10.2 Å². The van der Waals surface area contributed by atoms with Crippen LogP contribution in [-0.4, -0.2) is 56.1 Å². The molecule has 8 heteroatoms. The largest absolute Gasteiger partial charge is 0.351 e. The van der Waals surface area contributed by atoms with Crippen LogP contribution < -0.4 is 5.32 Å². The SMILES string of the molecule is O=C(NCCCN1CCCC1=O)c1ccc(-n2ccnc2)nn1. The molecule has 120 valence electrons. The Kier molecular flexibility index (Phi) is 4.60. The van der Waals surface area contributed by atoms with E-state index in [1.54, 1.807) is 35.4 Å². The summed E-state index contributed by atoms with van der Waals surface area (Å²) < 4.78 is 1.71. The molecule has 2 aromatic rings. The van der Waals surface area contributed by atoms with Crippen molar-refractivity contribution in [1.82, 2.24) is 30.0 Å². The van der Waals surface area contributed by atoms with Crippen molar-refractivity contribution >= 4 is 11.8 Å². The lowest BCUT2D eigenvalue weighted by Crippen LogP contribution is -2.31. The van der Waals surface area contributed by atoms with Gasteiger partial charge in [-0.25, -0.2) is 4.98 Å². The highest BCUT2D eigenvalue weighted by molar-refractivity contribution is 5.92. The second kappa shape index (κ2) is 6.99. The van der Waals surface area contributed by atoms with Crippen LogP contribution in [0.2, 0.25) is 0 Å². The molecule has 0 saturated carbocycles. The van der Waals surface area contributed by atoms with E-state index in [9.17, 15) is 9.59 Å². The quantitative estimate of drug-likeness (QED) is 0.779. The van der Waals surface area contributed by atoms with Gasteiger partial charge >= 0.3 is 0 Å². The molecule has 1 N–H and O–H groups in total. The number of carbonyl (C=O) groups excluding carboxylic acids is 2. The van der Waals surface area contributed by atoms with Crippen LogP contribution in [0.4, 0.5) is 0 Å². The zero-order chi connectivity index (χ0) is 16.1. The summed E-state index contributed by atoms with van der Waals surface area (Å²) in [6, 6.07) is 3.34. The third kappa shape index (κ3) is 3.71. The summed E-state index contributed by atoms with van der Waals surface area (Å²) in [4.78, 5) is 29.2. The average Bonchev–Trinajstić information content (AvgIpc) is 3.23. The highest BCUT2D eigenvalue weighted by Crippen LogP contribution is 2.09. The summed E-state index contributed by atoms with van der Waals surface area (Å²) >= 11 is 0. The lowest BCUT2D eigenvalue weighted by molar-refractivity contribution is -0.127. The van der Waals surface area contributed by atoms with Gasteiger partial charge in [0.2, 0.25) is 5.91 Å². The predicted molar refractivity (Wildman–Crippen MR) is 81.9 cm³/mol. The maximum atomic E-state index is 12.0. The summed E-state index contributed by atoms with van der Waals surface area (Å²) in [7, 11) is 0. The minimum Gasteiger partial charge on any atom is -0.351 e. The van der Waals surface area contributed by atoms with Crippen LogP contribution in [0.25, 0.3) is 5.82 Å². The van der Waals surface area contributed by atoms with E-state index in [4.69, 9.17) is 0 Å². The smallest absolute Gasteiger partial charge is 0.271 e. The average molecular weight is 314 g/mol. The van der Waals surface area contributed by atoms with Gasteiger partial charge in [-0.05, 0) is 25.0 Å². The van der Waals surface area contributed by atoms with Crippen molar-refractivity contribution < 1.29 is 9.59 Å². The Morgan fingerprint density at radius 3 is 2.87 bits per heavy atom. The molecule has 1 aliphatic heterocycles. The molecule has 1 saturated heterocycles. The summed E-state index contributed by atoms with van der Waals surface area (Å²) in [6.07, 6.45) is 7.33. The van der Waals surface area contributed by atoms with Crippen molar-refractivity contribution in [3.8, 4) is 5.82 Å². The number of amides is 2. The Morgan fingerprint density at radius 2 is 2.22 bits per heavy atom. The molecule has 3 rings (SSSR count). The normalized spacial score (nSPS) is 14.3. The van der Waals surface area contributed by atoms with Gasteiger partial charge in [0, 0.05) is 38.4 Å². The number of likely N-dealkylation sites (tertiary alicyclic amines) is 1. The molecule has 1 aliphatic rings. The summed E-state index contributed by atoms with van der Waals surface area (Å²) in [5, 5.41) is 10.7. The van der Waals surface area contributed by atoms with Gasteiger partial charge in [-0.2, -0.15) is 0 Å². The predicted octanol–water partition coefficient (Wildman–Crippen LogP) is 0.405. The first-order valence-electron chi connectivity index (χ1n) is 7.62. The van der Waals surface area contributed by atoms with Crippen molar-refractivity contribution in [1.29, 1.82) is 0 Å². The summed E-state index contributed by atoms with van der Waals surface area (Å²) in [6.45, 7) is 2.02. The molecule has 0 unspecified atom stereocenters. The van der Waals surface area contributed by atoms with E-state index in [1.165, 1.54) is 0 Å². The van der Waals surface area contributed by atoms with Crippen LogP contribution in [0.3, 0.4) is 0 Å². The maximum absolute atomic E-state index is 12.0. The molecule has 2 aromatic heterocycles. The number of nitrogens with zero attached hydrogens (tertiary/aromatic N) is 5. The van der Waals surface area contributed by atoms with Crippen LogP contribution in [0.5, 0.6) is 0 Å². The highest BCUT2D eigenvalue weighted by Gasteiger charge is 2.19. The molecule has 0 radical (unpaired) electrons. The minimum atomic E-state index is -0.262. The molecule has 2 amide bonds. The van der Waals surface area contributed by atoms with E-state index in [0.29, 0.717) is 25.3 Å². The molecule has 0 spiro atoms. The minimum absolute atomic E-state index is 0.206. The highest BCUT2D eigenvalue weighted by atomic mass is 16.2. The fraction of sp³-hybridized carbons (Fsp3) is 0.400. The number of imidazole rings is 1. The molecular formula is C15H18N6O2. The Bertz CT molecular complexity index is 668. The lowest BCUT2D eigenvalue weighted by atomic mass is 10.3. The van der Waals surface area contributed by atoms with E-state index in [-0.39, 0.29) is 17.5 Å². The molecule has 0 aromatic carbocycles. The van der Waals surface area contributed by atoms with Gasteiger partial charge in [0.15, 0.2) is 11.5 Å². The molecule has 0 atom stereocenters. The first-order valence-corrected chi connectivity index (χ1v) is 7.62. The van der Waals surface area contributed by atoms with Crippen molar-refractivity contribution in [2.24, 2.45) is 0 Å². The Morgan fingerprint density at radius 1 is 1.30 bits per heavy atom. The van der Waals surface area contributed by atoms with Gasteiger partial charge in [-0.1, -0.05) is 0 Å². The van der Waals surface area contributed by atoms with E-state index in [1.807, 2.05) is 4.90 Å². The second-order valence-electron chi connectivity index (χ2n) is 5.34. The first kappa shape index (κ1) is 15.1. The molecule has 0 bridgehead atoms. The van der Waals surface area contributed by atoms with E-state index < -0.39 is 0 Å². The van der Waals surface area contributed by atoms with Gasteiger partial charge in [-0.3, -0.25) is 14.2 Å². The van der Waals surface area contributed by atoms with E-state index in [2.05, 4.69) is 20.5 Å². The van der Waals surface area contributed by atoms with Crippen molar-refractivity contribution in [2.45, 2.75) is 19.3 Å². The van der Waals surface area contributed by atoms with E-state index in [0.717, 1.165) is 19.4 Å². The summed E-state index contributed by atoms with van der Waals surface area (Å²) in [5.41, 5.74) is 0.270. The second-order valence-corrected chi connectivity index (χ2v) is 5.34.